The molecule has 1 aromatic carbocycles. The Hall–Kier alpha value is -1.23. The molecule has 1 heterocycles. The van der Waals surface area contributed by atoms with Crippen LogP contribution in [0.2, 0.25) is 0 Å². The predicted octanol–water partition coefficient (Wildman–Crippen LogP) is 3.81. The van der Waals surface area contributed by atoms with Crippen molar-refractivity contribution >= 4 is 35.6 Å². The van der Waals surface area contributed by atoms with E-state index in [1.54, 1.807) is 6.07 Å². The van der Waals surface area contributed by atoms with E-state index in [9.17, 15) is 13.2 Å². The van der Waals surface area contributed by atoms with Gasteiger partial charge in [0.15, 0.2) is 5.96 Å². The first-order chi connectivity index (χ1) is 13.3. The summed E-state index contributed by atoms with van der Waals surface area (Å²) < 4.78 is 39.6. The van der Waals surface area contributed by atoms with Crippen LogP contribution < -0.4 is 16.0 Å². The maximum atomic E-state index is 13.2. The summed E-state index contributed by atoms with van der Waals surface area (Å²) >= 11 is 0. The first kappa shape index (κ1) is 24.0. The lowest BCUT2D eigenvalue weighted by atomic mass is 9.96. The zero-order valence-corrected chi connectivity index (χ0v) is 19.2. The highest BCUT2D eigenvalue weighted by Gasteiger charge is 2.31. The van der Waals surface area contributed by atoms with Gasteiger partial charge in [-0.15, -0.1) is 24.0 Å². The van der Waals surface area contributed by atoms with E-state index in [1.165, 1.54) is 25.3 Å². The summed E-state index contributed by atoms with van der Waals surface area (Å²) in [4.78, 5) is 8.71. The number of halogens is 4. The molecule has 1 aliphatic heterocycles. The monoisotopic (exact) mass is 525 g/mol. The van der Waals surface area contributed by atoms with E-state index in [4.69, 9.17) is 5.73 Å². The fraction of sp³-hybridized carbons (Fsp3) is 0.650. The first-order valence-electron chi connectivity index (χ1n) is 10.0. The van der Waals surface area contributed by atoms with Crippen LogP contribution in [0.25, 0.3) is 0 Å². The molecule has 1 saturated carbocycles. The number of hydrogen-bond donors (Lipinski definition) is 2. The average molecular weight is 525 g/mol. The van der Waals surface area contributed by atoms with Crippen molar-refractivity contribution in [1.82, 2.24) is 10.2 Å². The molecule has 164 valence electrons. The molecular weight excluding hydrogens is 494 g/mol. The minimum absolute atomic E-state index is 0. The Bertz CT molecular complexity index is 681. The van der Waals surface area contributed by atoms with Crippen LogP contribution in [-0.4, -0.2) is 50.1 Å². The van der Waals surface area contributed by atoms with Gasteiger partial charge in [0.05, 0.1) is 12.1 Å². The van der Waals surface area contributed by atoms with Crippen LogP contribution in [0.1, 0.15) is 43.2 Å². The highest BCUT2D eigenvalue weighted by molar-refractivity contribution is 14.0. The van der Waals surface area contributed by atoms with Crippen molar-refractivity contribution in [2.45, 2.75) is 50.9 Å². The summed E-state index contributed by atoms with van der Waals surface area (Å²) in [5, 5.41) is 3.22. The Balaban J connectivity index is 0.00000300. The van der Waals surface area contributed by atoms with Gasteiger partial charge in [-0.3, -0.25) is 0 Å². The fourth-order valence-corrected chi connectivity index (χ4v) is 3.92. The number of likely N-dealkylation sites (N-methyl/N-ethyl adjacent to an activating group) is 1. The average Bonchev–Trinajstić information content (AvgIpc) is 2.67. The zero-order valence-electron chi connectivity index (χ0n) is 16.8. The van der Waals surface area contributed by atoms with Crippen molar-refractivity contribution in [1.29, 1.82) is 0 Å². The number of rotatable bonds is 4. The summed E-state index contributed by atoms with van der Waals surface area (Å²) in [5.41, 5.74) is 6.75. The van der Waals surface area contributed by atoms with Gasteiger partial charge in [-0.2, -0.15) is 13.2 Å². The SMILES string of the molecule is CN1CCN(c2ccc(C(F)(F)F)cc2CN=C(N)NC2CCCCC2)CC1.I. The molecule has 0 radical (unpaired) electrons. The maximum absolute atomic E-state index is 13.2. The second kappa shape index (κ2) is 10.7. The Kier molecular flexibility index (Phi) is 8.87. The number of piperazine rings is 1. The summed E-state index contributed by atoms with van der Waals surface area (Å²) in [7, 11) is 2.05. The van der Waals surface area contributed by atoms with Crippen LogP contribution in [0.5, 0.6) is 0 Å². The lowest BCUT2D eigenvalue weighted by Crippen LogP contribution is -2.44. The van der Waals surface area contributed by atoms with Crippen molar-refractivity contribution in [3.05, 3.63) is 29.3 Å². The molecule has 0 unspecified atom stereocenters. The van der Waals surface area contributed by atoms with E-state index >= 15 is 0 Å². The second-order valence-corrected chi connectivity index (χ2v) is 7.81. The van der Waals surface area contributed by atoms with Crippen LogP contribution in [-0.2, 0) is 12.7 Å². The van der Waals surface area contributed by atoms with E-state index < -0.39 is 11.7 Å². The van der Waals surface area contributed by atoms with Gasteiger partial charge < -0.3 is 20.9 Å². The van der Waals surface area contributed by atoms with Gasteiger partial charge in [0, 0.05) is 37.9 Å². The number of guanidine groups is 1. The van der Waals surface area contributed by atoms with Gasteiger partial charge >= 0.3 is 6.18 Å². The standard InChI is InChI=1S/C20H30F3N5.HI/c1-27-9-11-28(12-10-27)18-8-7-16(20(21,22)23)13-15(18)14-25-19(24)26-17-5-3-2-4-6-17;/h7-8,13,17H,2-6,9-12,14H2,1H3,(H3,24,25,26);1H. The Labute approximate surface area is 187 Å². The third-order valence-electron chi connectivity index (χ3n) is 5.63. The van der Waals surface area contributed by atoms with Gasteiger partial charge in [0.25, 0.3) is 0 Å². The molecule has 9 heteroatoms. The van der Waals surface area contributed by atoms with Gasteiger partial charge in [-0.1, -0.05) is 19.3 Å². The predicted molar refractivity (Wildman–Crippen MR) is 122 cm³/mol. The van der Waals surface area contributed by atoms with E-state index in [-0.39, 0.29) is 30.5 Å². The van der Waals surface area contributed by atoms with Crippen LogP contribution in [0, 0.1) is 0 Å². The fourth-order valence-electron chi connectivity index (χ4n) is 3.92. The van der Waals surface area contributed by atoms with Crippen LogP contribution in [0.4, 0.5) is 18.9 Å². The summed E-state index contributed by atoms with van der Waals surface area (Å²) in [5.74, 6) is 0.314. The Morgan fingerprint density at radius 3 is 2.41 bits per heavy atom. The minimum Gasteiger partial charge on any atom is -0.370 e. The highest BCUT2D eigenvalue weighted by atomic mass is 127. The number of nitrogens with one attached hydrogen (secondary N) is 1. The van der Waals surface area contributed by atoms with E-state index in [1.807, 2.05) is 7.05 Å². The molecule has 0 aromatic heterocycles. The van der Waals surface area contributed by atoms with Gasteiger partial charge in [0.2, 0.25) is 0 Å². The van der Waals surface area contributed by atoms with Gasteiger partial charge in [0.1, 0.15) is 0 Å². The molecule has 0 bridgehead atoms. The zero-order chi connectivity index (χ0) is 20.1. The number of benzene rings is 1. The van der Waals surface area contributed by atoms with E-state index in [2.05, 4.69) is 20.1 Å². The number of aliphatic imine (C=N–C) groups is 1. The van der Waals surface area contributed by atoms with Gasteiger partial charge in [-0.05, 0) is 43.7 Å². The van der Waals surface area contributed by atoms with Gasteiger partial charge in [-0.25, -0.2) is 4.99 Å². The summed E-state index contributed by atoms with van der Waals surface area (Å²) in [6.45, 7) is 3.48. The third kappa shape index (κ3) is 6.91. The number of hydrogen-bond acceptors (Lipinski definition) is 3. The van der Waals surface area contributed by atoms with Crippen molar-refractivity contribution in [2.75, 3.05) is 38.1 Å². The van der Waals surface area contributed by atoms with Crippen LogP contribution in [0.3, 0.4) is 0 Å². The molecule has 0 spiro atoms. The maximum Gasteiger partial charge on any atom is 0.416 e. The molecule has 5 nitrogen and oxygen atoms in total. The number of anilines is 1. The Morgan fingerprint density at radius 2 is 1.79 bits per heavy atom. The van der Waals surface area contributed by atoms with Crippen LogP contribution in [0.15, 0.2) is 23.2 Å². The highest BCUT2D eigenvalue weighted by Crippen LogP contribution is 2.33. The molecule has 2 aliphatic rings. The van der Waals surface area contributed by atoms with Crippen molar-refractivity contribution in [2.24, 2.45) is 10.7 Å². The molecule has 3 rings (SSSR count). The summed E-state index contributed by atoms with van der Waals surface area (Å²) in [6.07, 6.45) is 1.34. The quantitative estimate of drug-likeness (QED) is 0.357. The molecule has 0 atom stereocenters. The molecule has 2 fully saturated rings. The second-order valence-electron chi connectivity index (χ2n) is 7.81. The normalized spacial score (nSPS) is 19.7. The summed E-state index contributed by atoms with van der Waals surface area (Å²) in [6, 6.07) is 4.26. The molecule has 29 heavy (non-hydrogen) atoms. The largest absolute Gasteiger partial charge is 0.416 e. The minimum atomic E-state index is -4.37. The Morgan fingerprint density at radius 1 is 1.14 bits per heavy atom. The van der Waals surface area contributed by atoms with Crippen molar-refractivity contribution in [3.8, 4) is 0 Å². The molecule has 3 N–H and O–H groups in total. The lowest BCUT2D eigenvalue weighted by Gasteiger charge is -2.35. The molecule has 1 saturated heterocycles. The molecule has 1 aliphatic carbocycles. The topological polar surface area (TPSA) is 56.9 Å². The molecule has 1 aromatic rings. The molecular formula is C20H31F3IN5. The van der Waals surface area contributed by atoms with Crippen molar-refractivity contribution in [3.63, 3.8) is 0 Å². The van der Waals surface area contributed by atoms with Crippen molar-refractivity contribution < 1.29 is 13.2 Å². The molecule has 0 amide bonds. The first-order valence-corrected chi connectivity index (χ1v) is 10.0. The lowest BCUT2D eigenvalue weighted by molar-refractivity contribution is -0.137. The number of alkyl halides is 3. The van der Waals surface area contributed by atoms with E-state index in [0.717, 1.165) is 50.8 Å². The third-order valence-corrected chi connectivity index (χ3v) is 5.63. The smallest absolute Gasteiger partial charge is 0.370 e. The van der Waals surface area contributed by atoms with Crippen LogP contribution >= 0.6 is 24.0 Å². The number of nitrogens with two attached hydrogens (primary N) is 1. The number of nitrogens with zero attached hydrogens (tertiary/aromatic N) is 3. The van der Waals surface area contributed by atoms with E-state index in [0.29, 0.717) is 17.6 Å².